The highest BCUT2D eigenvalue weighted by Crippen LogP contribution is 2.40. The van der Waals surface area contributed by atoms with Crippen LogP contribution in [0, 0.1) is 29.4 Å². The Morgan fingerprint density at radius 3 is 2.47 bits per heavy atom. The monoisotopic (exact) mass is 448 g/mol. The van der Waals surface area contributed by atoms with Crippen molar-refractivity contribution in [2.45, 2.75) is 84.0 Å². The average Bonchev–Trinajstić information content (AvgIpc) is 2.82. The molecule has 4 heteroatoms. The van der Waals surface area contributed by atoms with Gasteiger partial charge < -0.3 is 4.74 Å². The molecule has 1 fully saturated rings. The van der Waals surface area contributed by atoms with Gasteiger partial charge in [-0.15, -0.1) is 0 Å². The summed E-state index contributed by atoms with van der Waals surface area (Å²) in [6, 6.07) is 3.20. The summed E-state index contributed by atoms with van der Waals surface area (Å²) in [6.07, 6.45) is 19.6. The molecule has 0 aliphatic heterocycles. The fraction of sp³-hybridized carbons (Fsp3) is 0.643. The molecule has 0 spiro atoms. The quantitative estimate of drug-likeness (QED) is 0.243. The van der Waals surface area contributed by atoms with Gasteiger partial charge in [0.25, 0.3) is 0 Å². The van der Waals surface area contributed by atoms with Crippen molar-refractivity contribution < 1.29 is 17.9 Å². The smallest absolute Gasteiger partial charge is 0.200 e. The minimum Gasteiger partial charge on any atom is -0.491 e. The number of aryl methyl sites for hydroxylation is 1. The molecule has 0 radical (unpaired) electrons. The van der Waals surface area contributed by atoms with Gasteiger partial charge in [-0.05, 0) is 113 Å². The summed E-state index contributed by atoms with van der Waals surface area (Å²) < 4.78 is 45.7. The number of alkyl halides is 1. The zero-order valence-corrected chi connectivity index (χ0v) is 19.6. The van der Waals surface area contributed by atoms with Crippen LogP contribution in [0.3, 0.4) is 0 Å². The van der Waals surface area contributed by atoms with Gasteiger partial charge >= 0.3 is 0 Å². The predicted molar refractivity (Wildman–Crippen MR) is 126 cm³/mol. The highest BCUT2D eigenvalue weighted by molar-refractivity contribution is 5.31. The number of hydrogen-bond acceptors (Lipinski definition) is 1. The predicted octanol–water partition coefficient (Wildman–Crippen LogP) is 8.53. The summed E-state index contributed by atoms with van der Waals surface area (Å²) in [6.45, 7) is 1.88. The van der Waals surface area contributed by atoms with Crippen LogP contribution in [0.2, 0.25) is 0 Å². The van der Waals surface area contributed by atoms with Crippen LogP contribution in [0.25, 0.3) is 0 Å². The molecule has 178 valence electrons. The van der Waals surface area contributed by atoms with Gasteiger partial charge in [0.15, 0.2) is 11.6 Å². The molecule has 1 atom stereocenters. The van der Waals surface area contributed by atoms with Crippen LogP contribution in [-0.4, -0.2) is 13.3 Å². The SMILES string of the molecule is CCOc1ccc(CCC2=CCC(C3CCC(C=CCCCCF)CC3)CC2)c(F)c1F. The molecule has 1 saturated carbocycles. The van der Waals surface area contributed by atoms with E-state index in [2.05, 4.69) is 18.2 Å². The van der Waals surface area contributed by atoms with E-state index in [0.29, 0.717) is 30.9 Å². The van der Waals surface area contributed by atoms with Crippen LogP contribution in [0.1, 0.15) is 83.1 Å². The van der Waals surface area contributed by atoms with Gasteiger partial charge in [0.1, 0.15) is 0 Å². The van der Waals surface area contributed by atoms with Crippen molar-refractivity contribution in [3.8, 4) is 5.75 Å². The van der Waals surface area contributed by atoms with Crippen molar-refractivity contribution >= 4 is 0 Å². The Hall–Kier alpha value is -1.71. The van der Waals surface area contributed by atoms with Crippen LogP contribution in [-0.2, 0) is 6.42 Å². The Balaban J connectivity index is 1.40. The van der Waals surface area contributed by atoms with Gasteiger partial charge in [-0.3, -0.25) is 4.39 Å². The second-order valence-electron chi connectivity index (χ2n) is 9.47. The van der Waals surface area contributed by atoms with E-state index in [-0.39, 0.29) is 12.4 Å². The molecule has 1 aromatic rings. The van der Waals surface area contributed by atoms with Crippen LogP contribution >= 0.6 is 0 Å². The topological polar surface area (TPSA) is 9.23 Å². The molecular weight excluding hydrogens is 409 g/mol. The van der Waals surface area contributed by atoms with Crippen molar-refractivity contribution in [2.75, 3.05) is 13.3 Å². The lowest BCUT2D eigenvalue weighted by Crippen LogP contribution is -2.22. The molecule has 0 saturated heterocycles. The van der Waals surface area contributed by atoms with Crippen LogP contribution in [0.5, 0.6) is 5.75 Å². The van der Waals surface area contributed by atoms with Crippen LogP contribution in [0.15, 0.2) is 35.9 Å². The first-order valence-electron chi connectivity index (χ1n) is 12.6. The summed E-state index contributed by atoms with van der Waals surface area (Å²) in [5.41, 5.74) is 1.82. The molecule has 0 N–H and O–H groups in total. The van der Waals surface area contributed by atoms with Gasteiger partial charge in [-0.1, -0.05) is 29.9 Å². The fourth-order valence-electron chi connectivity index (χ4n) is 5.35. The van der Waals surface area contributed by atoms with Crippen molar-refractivity contribution in [1.82, 2.24) is 0 Å². The van der Waals surface area contributed by atoms with E-state index in [4.69, 9.17) is 4.74 Å². The lowest BCUT2D eigenvalue weighted by molar-refractivity contribution is 0.209. The molecule has 3 rings (SSSR count). The maximum atomic E-state index is 14.3. The molecule has 0 aromatic heterocycles. The maximum Gasteiger partial charge on any atom is 0.200 e. The zero-order chi connectivity index (χ0) is 22.8. The molecule has 0 heterocycles. The highest BCUT2D eigenvalue weighted by atomic mass is 19.2. The van der Waals surface area contributed by atoms with Gasteiger partial charge in [0, 0.05) is 0 Å². The van der Waals surface area contributed by atoms with Crippen LogP contribution in [0.4, 0.5) is 13.2 Å². The Bertz CT molecular complexity index is 762. The fourth-order valence-corrected chi connectivity index (χ4v) is 5.35. The molecule has 0 bridgehead atoms. The molecular formula is C28H39F3O. The molecule has 2 aliphatic rings. The van der Waals surface area contributed by atoms with Crippen molar-refractivity contribution in [3.63, 3.8) is 0 Å². The molecule has 1 nitrogen and oxygen atoms in total. The number of unbranched alkanes of at least 4 members (excludes halogenated alkanes) is 2. The average molecular weight is 449 g/mol. The number of ether oxygens (including phenoxy) is 1. The summed E-state index contributed by atoms with van der Waals surface area (Å²) in [4.78, 5) is 0. The Labute approximate surface area is 192 Å². The molecule has 2 aliphatic carbocycles. The first-order chi connectivity index (χ1) is 15.6. The number of hydrogen-bond donors (Lipinski definition) is 0. The highest BCUT2D eigenvalue weighted by Gasteiger charge is 2.28. The van der Waals surface area contributed by atoms with E-state index < -0.39 is 11.6 Å². The normalized spacial score (nSPS) is 24.0. The maximum absolute atomic E-state index is 14.3. The third kappa shape index (κ3) is 7.15. The van der Waals surface area contributed by atoms with E-state index in [9.17, 15) is 13.2 Å². The number of rotatable bonds is 11. The zero-order valence-electron chi connectivity index (χ0n) is 19.6. The van der Waals surface area contributed by atoms with Gasteiger partial charge in [0.05, 0.1) is 13.3 Å². The lowest BCUT2D eigenvalue weighted by atomic mass is 9.71. The summed E-state index contributed by atoms with van der Waals surface area (Å²) in [5.74, 6) is 0.659. The molecule has 0 amide bonds. The van der Waals surface area contributed by atoms with E-state index in [0.717, 1.165) is 43.9 Å². The van der Waals surface area contributed by atoms with Crippen LogP contribution < -0.4 is 4.74 Å². The summed E-state index contributed by atoms with van der Waals surface area (Å²) in [7, 11) is 0. The Kier molecular flexibility index (Phi) is 10.2. The number of halogens is 3. The minimum absolute atomic E-state index is 0.00418. The van der Waals surface area contributed by atoms with E-state index in [1.807, 2.05) is 0 Å². The summed E-state index contributed by atoms with van der Waals surface area (Å²) >= 11 is 0. The van der Waals surface area contributed by atoms with Crippen molar-refractivity contribution in [3.05, 3.63) is 53.1 Å². The van der Waals surface area contributed by atoms with Crippen molar-refractivity contribution in [2.24, 2.45) is 17.8 Å². The second-order valence-corrected chi connectivity index (χ2v) is 9.47. The van der Waals surface area contributed by atoms with Gasteiger partial charge in [-0.2, -0.15) is 4.39 Å². The Morgan fingerprint density at radius 1 is 0.969 bits per heavy atom. The Morgan fingerprint density at radius 2 is 1.78 bits per heavy atom. The standard InChI is InChI=1S/C28H39F3O/c1-2-32-26-19-18-25(27(30)28(26)31)17-12-22-10-15-24(16-11-22)23-13-8-21(9-14-23)7-5-3-4-6-20-29/h5,7,10,18-19,21,23-24H,2-4,6,8-9,11-17,20H2,1H3. The molecule has 1 aromatic carbocycles. The van der Waals surface area contributed by atoms with Gasteiger partial charge in [0.2, 0.25) is 5.82 Å². The van der Waals surface area contributed by atoms with E-state index >= 15 is 0 Å². The largest absolute Gasteiger partial charge is 0.491 e. The number of allylic oxidation sites excluding steroid dienone is 4. The third-order valence-corrected chi connectivity index (χ3v) is 7.33. The molecule has 32 heavy (non-hydrogen) atoms. The van der Waals surface area contributed by atoms with E-state index in [1.54, 1.807) is 13.0 Å². The minimum atomic E-state index is -0.868. The molecule has 1 unspecified atom stereocenters. The van der Waals surface area contributed by atoms with Gasteiger partial charge in [-0.25, -0.2) is 4.39 Å². The first-order valence-corrected chi connectivity index (χ1v) is 12.6. The number of benzene rings is 1. The van der Waals surface area contributed by atoms with Crippen molar-refractivity contribution in [1.29, 1.82) is 0 Å². The first kappa shape index (κ1) is 24.9. The summed E-state index contributed by atoms with van der Waals surface area (Å²) in [5, 5.41) is 0. The third-order valence-electron chi connectivity index (χ3n) is 7.33. The lowest BCUT2D eigenvalue weighted by Gasteiger charge is -2.35. The van der Waals surface area contributed by atoms with E-state index in [1.165, 1.54) is 43.7 Å². The second kappa shape index (κ2) is 13.1.